The number of carbonyl (C=O) groups is 1. The minimum absolute atomic E-state index is 0.0688. The van der Waals surface area contributed by atoms with Crippen LogP contribution in [0.3, 0.4) is 0 Å². The molecule has 0 unspecified atom stereocenters. The Balaban J connectivity index is 2.23. The lowest BCUT2D eigenvalue weighted by atomic mass is 10.2. The van der Waals surface area contributed by atoms with Crippen LogP contribution >= 0.6 is 15.9 Å². The van der Waals surface area contributed by atoms with Crippen molar-refractivity contribution >= 4 is 21.8 Å². The van der Waals surface area contributed by atoms with Gasteiger partial charge in [0.15, 0.2) is 5.75 Å². The van der Waals surface area contributed by atoms with Crippen molar-refractivity contribution in [1.29, 1.82) is 0 Å². The summed E-state index contributed by atoms with van der Waals surface area (Å²) in [7, 11) is 3.43. The second-order valence-corrected chi connectivity index (χ2v) is 4.78. The minimum atomic E-state index is -0.0688. The number of aromatic nitrogens is 1. The van der Waals surface area contributed by atoms with Crippen LogP contribution in [0.2, 0.25) is 0 Å². The molecule has 5 heteroatoms. The zero-order chi connectivity index (χ0) is 11.7. The maximum atomic E-state index is 11.7. The molecule has 0 bridgehead atoms. The van der Waals surface area contributed by atoms with E-state index in [1.54, 1.807) is 26.4 Å². The van der Waals surface area contributed by atoms with Crippen molar-refractivity contribution in [2.45, 2.75) is 18.9 Å². The van der Waals surface area contributed by atoms with Crippen molar-refractivity contribution in [2.24, 2.45) is 0 Å². The number of hydrogen-bond acceptors (Lipinski definition) is 3. The highest BCUT2D eigenvalue weighted by Crippen LogP contribution is 2.31. The summed E-state index contributed by atoms with van der Waals surface area (Å²) in [6.45, 7) is 0. The third kappa shape index (κ3) is 2.52. The monoisotopic (exact) mass is 284 g/mol. The topological polar surface area (TPSA) is 42.4 Å². The zero-order valence-electron chi connectivity index (χ0n) is 9.24. The number of halogens is 1. The first-order valence-corrected chi connectivity index (χ1v) is 5.91. The molecule has 86 valence electrons. The zero-order valence-corrected chi connectivity index (χ0v) is 10.8. The van der Waals surface area contributed by atoms with Crippen molar-refractivity contribution in [3.8, 4) is 5.75 Å². The van der Waals surface area contributed by atoms with E-state index in [2.05, 4.69) is 20.9 Å². The molecule has 1 saturated carbocycles. The van der Waals surface area contributed by atoms with Crippen LogP contribution in [-0.4, -0.2) is 36.0 Å². The van der Waals surface area contributed by atoms with Gasteiger partial charge in [0.2, 0.25) is 0 Å². The highest BCUT2D eigenvalue weighted by atomic mass is 79.9. The SMILES string of the molecule is CN(C)C(=O)c1cnc(Br)c(OC2CC2)c1. The Hall–Kier alpha value is -1.10. The van der Waals surface area contributed by atoms with Gasteiger partial charge < -0.3 is 9.64 Å². The smallest absolute Gasteiger partial charge is 0.255 e. The highest BCUT2D eigenvalue weighted by molar-refractivity contribution is 9.10. The summed E-state index contributed by atoms with van der Waals surface area (Å²) in [5, 5.41) is 0. The Morgan fingerprint density at radius 3 is 2.81 bits per heavy atom. The molecule has 1 fully saturated rings. The van der Waals surface area contributed by atoms with Gasteiger partial charge in [-0.25, -0.2) is 4.98 Å². The minimum Gasteiger partial charge on any atom is -0.488 e. The Morgan fingerprint density at radius 1 is 1.56 bits per heavy atom. The van der Waals surface area contributed by atoms with Crippen LogP contribution in [0, 0.1) is 0 Å². The van der Waals surface area contributed by atoms with Gasteiger partial charge >= 0.3 is 0 Å². The van der Waals surface area contributed by atoms with Gasteiger partial charge in [0.25, 0.3) is 5.91 Å². The van der Waals surface area contributed by atoms with Crippen molar-refractivity contribution in [1.82, 2.24) is 9.88 Å². The highest BCUT2D eigenvalue weighted by Gasteiger charge is 2.25. The average molecular weight is 285 g/mol. The van der Waals surface area contributed by atoms with E-state index in [1.807, 2.05) is 0 Å². The summed E-state index contributed by atoms with van der Waals surface area (Å²) < 4.78 is 6.29. The van der Waals surface area contributed by atoms with Crippen LogP contribution in [0.5, 0.6) is 5.75 Å². The Labute approximate surface area is 103 Å². The summed E-state index contributed by atoms with van der Waals surface area (Å²) in [4.78, 5) is 17.4. The first-order valence-electron chi connectivity index (χ1n) is 5.12. The Kier molecular flexibility index (Phi) is 3.14. The summed E-state index contributed by atoms with van der Waals surface area (Å²) in [6, 6.07) is 1.73. The molecule has 0 aromatic carbocycles. The Morgan fingerprint density at radius 2 is 2.25 bits per heavy atom. The van der Waals surface area contributed by atoms with Gasteiger partial charge in [0.1, 0.15) is 4.60 Å². The molecule has 0 N–H and O–H groups in total. The molecule has 4 nitrogen and oxygen atoms in total. The molecule has 0 radical (unpaired) electrons. The lowest BCUT2D eigenvalue weighted by Crippen LogP contribution is -2.21. The molecule has 0 saturated heterocycles. The van der Waals surface area contributed by atoms with Crippen molar-refractivity contribution in [3.05, 3.63) is 22.4 Å². The quantitative estimate of drug-likeness (QED) is 0.799. The number of rotatable bonds is 3. The maximum absolute atomic E-state index is 11.7. The number of pyridine rings is 1. The molecule has 1 aliphatic carbocycles. The van der Waals surface area contributed by atoms with Crippen molar-refractivity contribution in [2.75, 3.05) is 14.1 Å². The standard InChI is InChI=1S/C11H13BrN2O2/c1-14(2)11(15)7-5-9(10(12)13-6-7)16-8-3-4-8/h5-6,8H,3-4H2,1-2H3. The van der Waals surface area contributed by atoms with Crippen molar-refractivity contribution in [3.63, 3.8) is 0 Å². The summed E-state index contributed by atoms with van der Waals surface area (Å²) in [6.07, 6.45) is 4.01. The van der Waals surface area contributed by atoms with Crippen LogP contribution in [0.4, 0.5) is 0 Å². The van der Waals surface area contributed by atoms with Gasteiger partial charge in [-0.05, 0) is 34.8 Å². The summed E-state index contributed by atoms with van der Waals surface area (Å²) in [5.41, 5.74) is 0.545. The van der Waals surface area contributed by atoms with E-state index < -0.39 is 0 Å². The molecular formula is C11H13BrN2O2. The van der Waals surface area contributed by atoms with E-state index in [-0.39, 0.29) is 5.91 Å². The predicted octanol–water partition coefficient (Wildman–Crippen LogP) is 2.09. The molecule has 1 aliphatic rings. The fraction of sp³-hybridized carbons (Fsp3) is 0.455. The first-order chi connectivity index (χ1) is 7.58. The maximum Gasteiger partial charge on any atom is 0.255 e. The largest absolute Gasteiger partial charge is 0.488 e. The third-order valence-corrected chi connectivity index (χ3v) is 2.87. The molecule has 2 rings (SSSR count). The van der Waals surface area contributed by atoms with Gasteiger partial charge in [-0.15, -0.1) is 0 Å². The molecule has 1 amide bonds. The van der Waals surface area contributed by atoms with Crippen LogP contribution in [0.15, 0.2) is 16.9 Å². The molecule has 16 heavy (non-hydrogen) atoms. The summed E-state index contributed by atoms with van der Waals surface area (Å²) >= 11 is 3.31. The van der Waals surface area contributed by atoms with Gasteiger partial charge in [-0.3, -0.25) is 4.79 Å². The predicted molar refractivity (Wildman–Crippen MR) is 63.6 cm³/mol. The van der Waals surface area contributed by atoms with E-state index in [9.17, 15) is 4.79 Å². The number of ether oxygens (including phenoxy) is 1. The fourth-order valence-corrected chi connectivity index (χ4v) is 1.56. The van der Waals surface area contributed by atoms with Crippen LogP contribution < -0.4 is 4.74 Å². The fourth-order valence-electron chi connectivity index (χ4n) is 1.25. The van der Waals surface area contributed by atoms with Gasteiger partial charge in [0, 0.05) is 20.3 Å². The molecule has 0 aliphatic heterocycles. The molecule has 1 aromatic heterocycles. The van der Waals surface area contributed by atoms with Crippen LogP contribution in [0.1, 0.15) is 23.2 Å². The van der Waals surface area contributed by atoms with Crippen LogP contribution in [-0.2, 0) is 0 Å². The third-order valence-electron chi connectivity index (χ3n) is 2.28. The van der Waals surface area contributed by atoms with Crippen molar-refractivity contribution < 1.29 is 9.53 Å². The lowest BCUT2D eigenvalue weighted by Gasteiger charge is -2.12. The van der Waals surface area contributed by atoms with E-state index in [1.165, 1.54) is 4.90 Å². The molecule has 0 atom stereocenters. The molecule has 1 aromatic rings. The van der Waals surface area contributed by atoms with Gasteiger partial charge in [0.05, 0.1) is 11.7 Å². The normalized spacial score (nSPS) is 14.7. The molecule has 1 heterocycles. The average Bonchev–Trinajstić information content (AvgIpc) is 3.04. The Bertz CT molecular complexity index is 416. The van der Waals surface area contributed by atoms with Gasteiger partial charge in [-0.1, -0.05) is 0 Å². The van der Waals surface area contributed by atoms with Gasteiger partial charge in [-0.2, -0.15) is 0 Å². The lowest BCUT2D eigenvalue weighted by molar-refractivity contribution is 0.0826. The molecule has 0 spiro atoms. The summed E-state index contributed by atoms with van der Waals surface area (Å²) in [5.74, 6) is 0.579. The van der Waals surface area contributed by atoms with E-state index in [0.717, 1.165) is 12.8 Å². The van der Waals surface area contributed by atoms with E-state index in [4.69, 9.17) is 4.74 Å². The first kappa shape index (κ1) is 11.4. The number of nitrogens with zero attached hydrogens (tertiary/aromatic N) is 2. The van der Waals surface area contributed by atoms with E-state index >= 15 is 0 Å². The second-order valence-electron chi connectivity index (χ2n) is 4.03. The number of carbonyl (C=O) groups excluding carboxylic acids is 1. The number of hydrogen-bond donors (Lipinski definition) is 0. The molecular weight excluding hydrogens is 272 g/mol. The van der Waals surface area contributed by atoms with E-state index in [0.29, 0.717) is 22.0 Å². The second kappa shape index (κ2) is 4.41. The van der Waals surface area contributed by atoms with Crippen LogP contribution in [0.25, 0.3) is 0 Å². The number of amides is 1.